The standard InChI is InChI=1S/C28H28ClN9O4/c1-42-28(41)32-19-13-20-27(22-15-30-24(33-22)6-4-2-3-5-7-25(39)34-20)21(14-19)35-26(40)11-8-17-12-18(29)9-10-23(17)38-16-31-36-37-38/h8-16H,2-7H2,1H3,(H,30,33)(H,32,41)(H,34,39)(H,35,40). The second-order valence-electron chi connectivity index (χ2n) is 9.55. The van der Waals surface area contributed by atoms with Crippen molar-refractivity contribution >= 4 is 52.6 Å². The minimum absolute atomic E-state index is 0.182. The molecule has 0 aliphatic carbocycles. The number of rotatable bonds is 5. The molecule has 0 saturated heterocycles. The quantitative estimate of drug-likeness (QED) is 0.236. The SMILES string of the molecule is COC(=O)Nc1cc(NC(=O)C=Cc2cc(Cl)ccc2-n2cnnn2)c2c(c1)NC(=O)CCCCCCc1ncc-2[nH]1. The summed E-state index contributed by atoms with van der Waals surface area (Å²) in [5.41, 5.74) is 3.34. The summed E-state index contributed by atoms with van der Waals surface area (Å²) in [6, 6.07) is 8.30. The summed E-state index contributed by atoms with van der Waals surface area (Å²) in [7, 11) is 1.24. The van der Waals surface area contributed by atoms with Crippen molar-refractivity contribution in [2.75, 3.05) is 23.1 Å². The molecule has 14 heteroatoms. The number of halogens is 1. The van der Waals surface area contributed by atoms with Crippen LogP contribution in [0.5, 0.6) is 0 Å². The number of nitrogens with one attached hydrogen (secondary N) is 4. The first kappa shape index (κ1) is 28.5. The van der Waals surface area contributed by atoms with E-state index in [1.54, 1.807) is 42.6 Å². The summed E-state index contributed by atoms with van der Waals surface area (Å²) >= 11 is 6.21. The van der Waals surface area contributed by atoms with E-state index in [1.165, 1.54) is 24.2 Å². The van der Waals surface area contributed by atoms with Gasteiger partial charge in [-0.25, -0.2) is 9.78 Å². The number of nitrogens with zero attached hydrogens (tertiary/aromatic N) is 5. The number of amides is 3. The molecule has 1 aliphatic heterocycles. The number of imidazole rings is 1. The van der Waals surface area contributed by atoms with Gasteiger partial charge in [-0.2, -0.15) is 4.68 Å². The predicted octanol–water partition coefficient (Wildman–Crippen LogP) is 4.98. The van der Waals surface area contributed by atoms with Crippen LogP contribution in [0.1, 0.15) is 43.5 Å². The molecule has 0 spiro atoms. The van der Waals surface area contributed by atoms with E-state index in [1.807, 2.05) is 0 Å². The second-order valence-corrected chi connectivity index (χ2v) is 9.99. The summed E-state index contributed by atoms with van der Waals surface area (Å²) in [6.45, 7) is 0. The van der Waals surface area contributed by atoms with Gasteiger partial charge in [-0.15, -0.1) is 5.10 Å². The summed E-state index contributed by atoms with van der Waals surface area (Å²) < 4.78 is 6.20. The molecule has 2 aromatic carbocycles. The van der Waals surface area contributed by atoms with Crippen molar-refractivity contribution < 1.29 is 19.1 Å². The number of carbonyl (C=O) groups excluding carboxylic acids is 3. The Labute approximate surface area is 245 Å². The molecule has 0 radical (unpaired) electrons. The molecule has 0 atom stereocenters. The lowest BCUT2D eigenvalue weighted by Crippen LogP contribution is -2.16. The Kier molecular flexibility index (Phi) is 8.87. The van der Waals surface area contributed by atoms with E-state index < -0.39 is 12.0 Å². The van der Waals surface area contributed by atoms with Gasteiger partial charge >= 0.3 is 6.09 Å². The maximum atomic E-state index is 13.3. The lowest BCUT2D eigenvalue weighted by molar-refractivity contribution is -0.116. The Morgan fingerprint density at radius 1 is 1.10 bits per heavy atom. The molecule has 3 amide bonds. The molecule has 0 fully saturated rings. The highest BCUT2D eigenvalue weighted by Crippen LogP contribution is 2.38. The van der Waals surface area contributed by atoms with Crippen LogP contribution >= 0.6 is 11.6 Å². The Bertz CT molecular complexity index is 1630. The molecule has 13 nitrogen and oxygen atoms in total. The van der Waals surface area contributed by atoms with E-state index >= 15 is 0 Å². The first-order chi connectivity index (χ1) is 20.4. The zero-order valence-electron chi connectivity index (χ0n) is 22.7. The Morgan fingerprint density at radius 3 is 2.71 bits per heavy atom. The molecule has 3 heterocycles. The molecule has 216 valence electrons. The lowest BCUT2D eigenvalue weighted by Gasteiger charge is -2.18. The topological polar surface area (TPSA) is 169 Å². The highest BCUT2D eigenvalue weighted by Gasteiger charge is 2.20. The number of hydrogen-bond donors (Lipinski definition) is 4. The van der Waals surface area contributed by atoms with Crippen LogP contribution in [0, 0.1) is 0 Å². The number of aryl methyl sites for hydroxylation is 1. The van der Waals surface area contributed by atoms with Gasteiger partial charge in [0.05, 0.1) is 36.1 Å². The average Bonchev–Trinajstić information content (AvgIpc) is 3.66. The van der Waals surface area contributed by atoms with Crippen LogP contribution in [-0.2, 0) is 20.7 Å². The molecule has 5 rings (SSSR count). The van der Waals surface area contributed by atoms with Crippen molar-refractivity contribution in [1.82, 2.24) is 30.2 Å². The van der Waals surface area contributed by atoms with Crippen molar-refractivity contribution in [3.8, 4) is 16.9 Å². The van der Waals surface area contributed by atoms with E-state index in [2.05, 4.69) is 41.4 Å². The fourth-order valence-electron chi connectivity index (χ4n) is 4.61. The van der Waals surface area contributed by atoms with Gasteiger partial charge in [0.15, 0.2) is 0 Å². The maximum absolute atomic E-state index is 13.3. The number of H-pyrrole nitrogens is 1. The third-order valence-electron chi connectivity index (χ3n) is 6.57. The van der Waals surface area contributed by atoms with Gasteiger partial charge in [0, 0.05) is 40.8 Å². The van der Waals surface area contributed by atoms with Crippen molar-refractivity contribution in [2.24, 2.45) is 0 Å². The van der Waals surface area contributed by atoms with Crippen molar-refractivity contribution in [3.63, 3.8) is 0 Å². The number of ether oxygens (including phenoxy) is 1. The van der Waals surface area contributed by atoms with Crippen LogP contribution in [0.15, 0.2) is 48.9 Å². The van der Waals surface area contributed by atoms with E-state index in [0.29, 0.717) is 51.0 Å². The van der Waals surface area contributed by atoms with Crippen LogP contribution in [0.3, 0.4) is 0 Å². The van der Waals surface area contributed by atoms with Crippen molar-refractivity contribution in [2.45, 2.75) is 38.5 Å². The smallest absolute Gasteiger partial charge is 0.411 e. The number of methoxy groups -OCH3 is 1. The van der Waals surface area contributed by atoms with Crippen LogP contribution < -0.4 is 16.0 Å². The van der Waals surface area contributed by atoms with Crippen LogP contribution in [-0.4, -0.2) is 55.2 Å². The van der Waals surface area contributed by atoms with Gasteiger partial charge in [0.25, 0.3) is 0 Å². The van der Waals surface area contributed by atoms with Gasteiger partial charge in [0.2, 0.25) is 11.8 Å². The van der Waals surface area contributed by atoms with Crippen LogP contribution in [0.25, 0.3) is 23.0 Å². The van der Waals surface area contributed by atoms with E-state index in [9.17, 15) is 14.4 Å². The lowest BCUT2D eigenvalue weighted by atomic mass is 10.0. The molecule has 42 heavy (non-hydrogen) atoms. The minimum Gasteiger partial charge on any atom is -0.453 e. The molecule has 1 aliphatic rings. The van der Waals surface area contributed by atoms with Crippen LogP contribution in [0.2, 0.25) is 5.02 Å². The van der Waals surface area contributed by atoms with E-state index in [0.717, 1.165) is 37.9 Å². The van der Waals surface area contributed by atoms with E-state index in [-0.39, 0.29) is 5.91 Å². The number of aromatic nitrogens is 6. The Morgan fingerprint density at radius 2 is 1.93 bits per heavy atom. The zero-order valence-corrected chi connectivity index (χ0v) is 23.4. The summed E-state index contributed by atoms with van der Waals surface area (Å²) in [6.07, 6.45) is 10.0. The second kappa shape index (κ2) is 13.1. The normalized spacial score (nSPS) is 13.7. The molecule has 0 unspecified atom stereocenters. The van der Waals surface area contributed by atoms with Gasteiger partial charge in [0.1, 0.15) is 12.2 Å². The predicted molar refractivity (Wildman–Crippen MR) is 157 cm³/mol. The molecule has 0 saturated carbocycles. The molecule has 2 bridgehead atoms. The zero-order chi connectivity index (χ0) is 29.5. The fourth-order valence-corrected chi connectivity index (χ4v) is 4.79. The number of anilines is 3. The van der Waals surface area contributed by atoms with Crippen LogP contribution in [0.4, 0.5) is 21.9 Å². The summed E-state index contributed by atoms with van der Waals surface area (Å²) in [4.78, 5) is 46.0. The van der Waals surface area contributed by atoms with Crippen molar-refractivity contribution in [1.29, 1.82) is 0 Å². The number of aromatic amines is 1. The molecular weight excluding hydrogens is 562 g/mol. The number of benzene rings is 2. The monoisotopic (exact) mass is 589 g/mol. The van der Waals surface area contributed by atoms with Gasteiger partial charge < -0.3 is 20.4 Å². The Hall–Kier alpha value is -5.04. The molecule has 4 aromatic rings. The third-order valence-corrected chi connectivity index (χ3v) is 6.80. The summed E-state index contributed by atoms with van der Waals surface area (Å²) in [5.74, 6) is 0.134. The number of fused-ring (bicyclic) bond motifs is 4. The Balaban J connectivity index is 1.53. The largest absolute Gasteiger partial charge is 0.453 e. The first-order valence-electron chi connectivity index (χ1n) is 13.3. The van der Waals surface area contributed by atoms with E-state index in [4.69, 9.17) is 16.3 Å². The number of hydrogen-bond acceptors (Lipinski definition) is 8. The highest BCUT2D eigenvalue weighted by atomic mass is 35.5. The molecule has 2 aromatic heterocycles. The fraction of sp³-hybridized carbons (Fsp3) is 0.250. The van der Waals surface area contributed by atoms with Gasteiger partial charge in [-0.05, 0) is 59.7 Å². The maximum Gasteiger partial charge on any atom is 0.411 e. The minimum atomic E-state index is -0.706. The van der Waals surface area contributed by atoms with Crippen molar-refractivity contribution in [3.05, 3.63) is 65.3 Å². The van der Waals surface area contributed by atoms with Gasteiger partial charge in [-0.1, -0.05) is 24.4 Å². The summed E-state index contributed by atoms with van der Waals surface area (Å²) in [5, 5.41) is 20.1. The molecular formula is C28H28ClN9O4. The third kappa shape index (κ3) is 6.99. The average molecular weight is 590 g/mol. The van der Waals surface area contributed by atoms with Gasteiger partial charge in [-0.3, -0.25) is 14.9 Å². The first-order valence-corrected chi connectivity index (χ1v) is 13.7. The number of carbonyl (C=O) groups is 3. The number of tetrazole rings is 1. The highest BCUT2D eigenvalue weighted by molar-refractivity contribution is 6.30. The molecule has 4 N–H and O–H groups in total.